The fraction of sp³-hybridized carbons (Fsp3) is 0.500. The van der Waals surface area contributed by atoms with Gasteiger partial charge < -0.3 is 19.5 Å². The van der Waals surface area contributed by atoms with Crippen molar-refractivity contribution >= 4 is 11.6 Å². The van der Waals surface area contributed by atoms with Gasteiger partial charge in [-0.2, -0.15) is 0 Å². The highest BCUT2D eigenvalue weighted by molar-refractivity contribution is 5.96. The Kier molecular flexibility index (Phi) is 4.14. The second-order valence-corrected chi connectivity index (χ2v) is 4.52. The molecule has 2 rings (SSSR count). The first-order valence-electron chi connectivity index (χ1n) is 6.30. The molecular formula is C14H19NO4. The summed E-state index contributed by atoms with van der Waals surface area (Å²) in [5.41, 5.74) is 0.558. The smallest absolute Gasteiger partial charge is 0.227 e. The van der Waals surface area contributed by atoms with Crippen LogP contribution in [0.2, 0.25) is 0 Å². The van der Waals surface area contributed by atoms with E-state index in [4.69, 9.17) is 14.2 Å². The van der Waals surface area contributed by atoms with Crippen LogP contribution < -0.4 is 19.5 Å². The van der Waals surface area contributed by atoms with Crippen molar-refractivity contribution in [2.75, 3.05) is 26.6 Å². The lowest BCUT2D eigenvalue weighted by Gasteiger charge is -2.25. The first kappa shape index (κ1) is 13.5. The molecule has 0 aromatic heterocycles. The zero-order valence-electron chi connectivity index (χ0n) is 11.5. The van der Waals surface area contributed by atoms with Crippen molar-refractivity contribution in [1.29, 1.82) is 0 Å². The zero-order chi connectivity index (χ0) is 13.8. The topological polar surface area (TPSA) is 56.8 Å². The standard InChI is InChI=1S/C14H19NO4/c1-17-10-7-11(18-2)13(12(8-10)19-3)15-14(16)9-5-4-6-9/h7-9H,4-6H2,1-3H3,(H,15,16). The van der Waals surface area contributed by atoms with Crippen LogP contribution in [0.1, 0.15) is 19.3 Å². The van der Waals surface area contributed by atoms with E-state index >= 15 is 0 Å². The monoisotopic (exact) mass is 265 g/mol. The highest BCUT2D eigenvalue weighted by Gasteiger charge is 2.27. The van der Waals surface area contributed by atoms with Gasteiger partial charge in [0.05, 0.1) is 21.3 Å². The normalized spacial score (nSPS) is 14.5. The lowest BCUT2D eigenvalue weighted by Crippen LogP contribution is -2.28. The molecule has 19 heavy (non-hydrogen) atoms. The van der Waals surface area contributed by atoms with Gasteiger partial charge in [0, 0.05) is 18.1 Å². The summed E-state index contributed by atoms with van der Waals surface area (Å²) >= 11 is 0. The first-order valence-corrected chi connectivity index (χ1v) is 6.30. The molecule has 0 bridgehead atoms. The van der Waals surface area contributed by atoms with E-state index in [9.17, 15) is 4.79 Å². The van der Waals surface area contributed by atoms with Crippen LogP contribution in [0.4, 0.5) is 5.69 Å². The van der Waals surface area contributed by atoms with E-state index in [-0.39, 0.29) is 11.8 Å². The SMILES string of the molecule is COc1cc(OC)c(NC(=O)C2CCC2)c(OC)c1. The van der Waals surface area contributed by atoms with Gasteiger partial charge in [-0.1, -0.05) is 6.42 Å². The summed E-state index contributed by atoms with van der Waals surface area (Å²) in [6.45, 7) is 0. The van der Waals surface area contributed by atoms with E-state index in [1.807, 2.05) is 0 Å². The van der Waals surface area contributed by atoms with Gasteiger partial charge >= 0.3 is 0 Å². The van der Waals surface area contributed by atoms with Crippen molar-refractivity contribution in [2.24, 2.45) is 5.92 Å². The predicted octanol–water partition coefficient (Wildman–Crippen LogP) is 2.45. The second kappa shape index (κ2) is 5.82. The summed E-state index contributed by atoms with van der Waals surface area (Å²) in [5.74, 6) is 1.81. The van der Waals surface area contributed by atoms with E-state index in [1.165, 1.54) is 0 Å². The quantitative estimate of drug-likeness (QED) is 0.888. The largest absolute Gasteiger partial charge is 0.496 e. The average Bonchev–Trinajstić information content (AvgIpc) is 2.36. The number of amides is 1. The molecule has 0 unspecified atom stereocenters. The van der Waals surface area contributed by atoms with Crippen LogP contribution in [0.3, 0.4) is 0 Å². The van der Waals surface area contributed by atoms with Crippen LogP contribution >= 0.6 is 0 Å². The Bertz CT molecular complexity index is 444. The molecule has 0 aliphatic heterocycles. The minimum absolute atomic E-state index is 0.0213. The second-order valence-electron chi connectivity index (χ2n) is 4.52. The first-order chi connectivity index (χ1) is 9.19. The van der Waals surface area contributed by atoms with Crippen LogP contribution in [0.5, 0.6) is 17.2 Å². The molecule has 0 atom stereocenters. The fourth-order valence-electron chi connectivity index (χ4n) is 2.02. The third kappa shape index (κ3) is 2.75. The Morgan fingerprint density at radius 1 is 1.11 bits per heavy atom. The van der Waals surface area contributed by atoms with E-state index in [0.29, 0.717) is 22.9 Å². The third-order valence-corrected chi connectivity index (χ3v) is 3.44. The van der Waals surface area contributed by atoms with Crippen molar-refractivity contribution in [2.45, 2.75) is 19.3 Å². The molecular weight excluding hydrogens is 246 g/mol. The maximum atomic E-state index is 12.0. The van der Waals surface area contributed by atoms with Crippen LogP contribution in [0, 0.1) is 5.92 Å². The molecule has 1 N–H and O–H groups in total. The van der Waals surface area contributed by atoms with Gasteiger partial charge in [0.1, 0.15) is 22.9 Å². The van der Waals surface area contributed by atoms with Crippen molar-refractivity contribution < 1.29 is 19.0 Å². The molecule has 1 saturated carbocycles. The highest BCUT2D eigenvalue weighted by Crippen LogP contribution is 2.40. The molecule has 5 heteroatoms. The van der Waals surface area contributed by atoms with Gasteiger partial charge in [0.15, 0.2) is 0 Å². The number of anilines is 1. The Balaban J connectivity index is 2.28. The molecule has 0 spiro atoms. The number of carbonyl (C=O) groups is 1. The van der Waals surface area contributed by atoms with Crippen LogP contribution in [-0.2, 0) is 4.79 Å². The summed E-state index contributed by atoms with van der Waals surface area (Å²) in [7, 11) is 4.67. The van der Waals surface area contributed by atoms with E-state index < -0.39 is 0 Å². The predicted molar refractivity (Wildman–Crippen MR) is 72.1 cm³/mol. The molecule has 104 valence electrons. The van der Waals surface area contributed by atoms with Gasteiger partial charge in [0.2, 0.25) is 5.91 Å². The van der Waals surface area contributed by atoms with Gasteiger partial charge in [-0.15, -0.1) is 0 Å². The third-order valence-electron chi connectivity index (χ3n) is 3.44. The van der Waals surface area contributed by atoms with E-state index in [0.717, 1.165) is 19.3 Å². The number of benzene rings is 1. The Morgan fingerprint density at radius 3 is 2.05 bits per heavy atom. The molecule has 0 saturated heterocycles. The number of methoxy groups -OCH3 is 3. The lowest BCUT2D eigenvalue weighted by molar-refractivity contribution is -0.122. The summed E-state index contributed by atoms with van der Waals surface area (Å²) in [4.78, 5) is 12.0. The molecule has 1 fully saturated rings. The minimum Gasteiger partial charge on any atom is -0.496 e. The van der Waals surface area contributed by atoms with Crippen molar-refractivity contribution in [3.05, 3.63) is 12.1 Å². The van der Waals surface area contributed by atoms with Crippen molar-refractivity contribution in [1.82, 2.24) is 0 Å². The Morgan fingerprint density at radius 2 is 1.68 bits per heavy atom. The molecule has 1 aliphatic carbocycles. The minimum atomic E-state index is 0.0213. The zero-order valence-corrected chi connectivity index (χ0v) is 11.5. The molecule has 1 aromatic carbocycles. The van der Waals surface area contributed by atoms with Gasteiger partial charge in [0.25, 0.3) is 0 Å². The van der Waals surface area contributed by atoms with Crippen molar-refractivity contribution in [3.63, 3.8) is 0 Å². The molecule has 0 heterocycles. The summed E-state index contributed by atoms with van der Waals surface area (Å²) in [6.07, 6.45) is 3.02. The summed E-state index contributed by atoms with van der Waals surface area (Å²) in [5, 5.41) is 2.89. The number of hydrogen-bond acceptors (Lipinski definition) is 4. The van der Waals surface area contributed by atoms with Gasteiger partial charge in [-0.05, 0) is 12.8 Å². The van der Waals surface area contributed by atoms with Gasteiger partial charge in [-0.25, -0.2) is 0 Å². The van der Waals surface area contributed by atoms with Crippen LogP contribution in [0.15, 0.2) is 12.1 Å². The van der Waals surface area contributed by atoms with E-state index in [1.54, 1.807) is 33.5 Å². The molecule has 1 amide bonds. The number of carbonyl (C=O) groups excluding carboxylic acids is 1. The average molecular weight is 265 g/mol. The Labute approximate surface area is 112 Å². The molecule has 0 radical (unpaired) electrons. The fourth-order valence-corrected chi connectivity index (χ4v) is 2.02. The van der Waals surface area contributed by atoms with E-state index in [2.05, 4.69) is 5.32 Å². The highest BCUT2D eigenvalue weighted by atomic mass is 16.5. The Hall–Kier alpha value is -1.91. The molecule has 1 aliphatic rings. The maximum Gasteiger partial charge on any atom is 0.227 e. The molecule has 1 aromatic rings. The number of rotatable bonds is 5. The van der Waals surface area contributed by atoms with Gasteiger partial charge in [-0.3, -0.25) is 4.79 Å². The maximum absolute atomic E-state index is 12.0. The molecule has 5 nitrogen and oxygen atoms in total. The van der Waals surface area contributed by atoms with Crippen molar-refractivity contribution in [3.8, 4) is 17.2 Å². The number of nitrogens with one attached hydrogen (secondary N) is 1. The summed E-state index contributed by atoms with van der Waals surface area (Å²) in [6, 6.07) is 3.44. The number of ether oxygens (including phenoxy) is 3. The van der Waals surface area contributed by atoms with Crippen LogP contribution in [-0.4, -0.2) is 27.2 Å². The summed E-state index contributed by atoms with van der Waals surface area (Å²) < 4.78 is 15.7. The van der Waals surface area contributed by atoms with Crippen LogP contribution in [0.25, 0.3) is 0 Å². The number of hydrogen-bond donors (Lipinski definition) is 1. The lowest BCUT2D eigenvalue weighted by atomic mass is 9.85.